The lowest BCUT2D eigenvalue weighted by molar-refractivity contribution is -0.135. The van der Waals surface area contributed by atoms with Crippen LogP contribution in [0.2, 0.25) is 0 Å². The minimum atomic E-state index is -0.507. The van der Waals surface area contributed by atoms with Crippen molar-refractivity contribution in [1.29, 1.82) is 0 Å². The molecule has 0 amide bonds. The third-order valence-corrected chi connectivity index (χ3v) is 3.73. The summed E-state index contributed by atoms with van der Waals surface area (Å²) in [5, 5.41) is 0. The topological polar surface area (TPSA) is 26.3 Å². The molecular formula is C17H15FO2. The molecule has 0 bridgehead atoms. The van der Waals surface area contributed by atoms with Gasteiger partial charge in [0, 0.05) is 0 Å². The summed E-state index contributed by atoms with van der Waals surface area (Å²) in [4.78, 5) is 11.9. The van der Waals surface area contributed by atoms with Gasteiger partial charge in [0.25, 0.3) is 0 Å². The Balaban J connectivity index is 1.68. The van der Waals surface area contributed by atoms with Gasteiger partial charge in [0.2, 0.25) is 0 Å². The van der Waals surface area contributed by atoms with Gasteiger partial charge in [-0.1, -0.05) is 36.4 Å². The Morgan fingerprint density at radius 3 is 2.75 bits per heavy atom. The number of ether oxygens (including phenoxy) is 1. The first kappa shape index (κ1) is 12.9. The molecule has 1 unspecified atom stereocenters. The number of halogens is 1. The number of esters is 1. The highest BCUT2D eigenvalue weighted by Gasteiger charge is 2.25. The van der Waals surface area contributed by atoms with Crippen LogP contribution < -0.4 is 4.74 Å². The Morgan fingerprint density at radius 1 is 1.15 bits per heavy atom. The Bertz CT molecular complexity index is 636. The second-order valence-corrected chi connectivity index (χ2v) is 5.04. The molecule has 20 heavy (non-hydrogen) atoms. The molecular weight excluding hydrogens is 255 g/mol. The zero-order chi connectivity index (χ0) is 13.9. The number of carbonyl (C=O) groups excluding carboxylic acids is 1. The highest BCUT2D eigenvalue weighted by atomic mass is 19.1. The zero-order valence-electron chi connectivity index (χ0n) is 11.0. The first-order valence-corrected chi connectivity index (χ1v) is 6.77. The standard InChI is InChI=1S/C17H15FO2/c18-15-7-3-4-8-16(15)20-17(19)11-13-10-9-12-5-1-2-6-14(12)13/h1-8,13H,9-11H2. The molecule has 0 radical (unpaired) electrons. The van der Waals surface area contributed by atoms with Crippen LogP contribution in [0.4, 0.5) is 4.39 Å². The maximum atomic E-state index is 13.4. The average molecular weight is 270 g/mol. The van der Waals surface area contributed by atoms with Crippen LogP contribution in [-0.4, -0.2) is 5.97 Å². The van der Waals surface area contributed by atoms with Crippen molar-refractivity contribution in [3.05, 3.63) is 65.5 Å². The molecule has 1 aliphatic carbocycles. The number of aryl methyl sites for hydroxylation is 1. The number of para-hydroxylation sites is 1. The second kappa shape index (κ2) is 5.45. The van der Waals surface area contributed by atoms with E-state index in [1.807, 2.05) is 12.1 Å². The number of hydrogen-bond donors (Lipinski definition) is 0. The number of fused-ring (bicyclic) bond motifs is 1. The van der Waals surface area contributed by atoms with Crippen LogP contribution in [0.25, 0.3) is 0 Å². The lowest BCUT2D eigenvalue weighted by Gasteiger charge is -2.11. The summed E-state index contributed by atoms with van der Waals surface area (Å²) in [6.45, 7) is 0. The molecule has 3 heteroatoms. The summed E-state index contributed by atoms with van der Waals surface area (Å²) in [6, 6.07) is 14.1. The van der Waals surface area contributed by atoms with Crippen LogP contribution in [0, 0.1) is 5.82 Å². The van der Waals surface area contributed by atoms with E-state index in [4.69, 9.17) is 4.74 Å². The van der Waals surface area contributed by atoms with E-state index in [1.54, 1.807) is 12.1 Å². The summed E-state index contributed by atoms with van der Waals surface area (Å²) in [5.74, 6) is -0.696. The molecule has 3 rings (SSSR count). The van der Waals surface area contributed by atoms with Gasteiger partial charge in [0.15, 0.2) is 11.6 Å². The lowest BCUT2D eigenvalue weighted by atomic mass is 9.98. The number of rotatable bonds is 3. The van der Waals surface area contributed by atoms with Crippen LogP contribution in [0.5, 0.6) is 5.75 Å². The van der Waals surface area contributed by atoms with Gasteiger partial charge in [-0.25, -0.2) is 4.39 Å². The second-order valence-electron chi connectivity index (χ2n) is 5.04. The molecule has 2 aromatic carbocycles. The molecule has 0 spiro atoms. The maximum Gasteiger partial charge on any atom is 0.311 e. The van der Waals surface area contributed by atoms with Gasteiger partial charge >= 0.3 is 5.97 Å². The van der Waals surface area contributed by atoms with Gasteiger partial charge in [-0.2, -0.15) is 0 Å². The third-order valence-electron chi connectivity index (χ3n) is 3.73. The minimum absolute atomic E-state index is 0.00350. The number of carbonyl (C=O) groups is 1. The fourth-order valence-electron chi connectivity index (χ4n) is 2.75. The van der Waals surface area contributed by atoms with E-state index in [-0.39, 0.29) is 17.6 Å². The van der Waals surface area contributed by atoms with Gasteiger partial charge in [-0.15, -0.1) is 0 Å². The van der Waals surface area contributed by atoms with Crippen molar-refractivity contribution in [3.8, 4) is 5.75 Å². The van der Waals surface area contributed by atoms with Gasteiger partial charge in [0.1, 0.15) is 0 Å². The van der Waals surface area contributed by atoms with E-state index in [1.165, 1.54) is 23.3 Å². The zero-order valence-corrected chi connectivity index (χ0v) is 11.0. The first-order valence-electron chi connectivity index (χ1n) is 6.77. The molecule has 0 aromatic heterocycles. The molecule has 2 nitrogen and oxygen atoms in total. The van der Waals surface area contributed by atoms with Crippen molar-refractivity contribution in [2.45, 2.75) is 25.2 Å². The van der Waals surface area contributed by atoms with Crippen LogP contribution in [0.1, 0.15) is 29.9 Å². The molecule has 1 atom stereocenters. The van der Waals surface area contributed by atoms with Crippen molar-refractivity contribution in [2.75, 3.05) is 0 Å². The van der Waals surface area contributed by atoms with Crippen LogP contribution in [0.3, 0.4) is 0 Å². The van der Waals surface area contributed by atoms with Crippen LogP contribution in [0.15, 0.2) is 48.5 Å². The van der Waals surface area contributed by atoms with Gasteiger partial charge in [-0.3, -0.25) is 4.79 Å². The normalized spacial score (nSPS) is 16.8. The minimum Gasteiger partial charge on any atom is -0.423 e. The van der Waals surface area contributed by atoms with Crippen molar-refractivity contribution in [3.63, 3.8) is 0 Å². The van der Waals surface area contributed by atoms with Crippen LogP contribution in [-0.2, 0) is 11.2 Å². The Labute approximate surface area is 117 Å². The smallest absolute Gasteiger partial charge is 0.311 e. The Morgan fingerprint density at radius 2 is 1.90 bits per heavy atom. The lowest BCUT2D eigenvalue weighted by Crippen LogP contribution is -2.12. The highest BCUT2D eigenvalue weighted by Crippen LogP contribution is 2.35. The van der Waals surface area contributed by atoms with Gasteiger partial charge in [0.05, 0.1) is 6.42 Å². The number of benzene rings is 2. The molecule has 0 saturated carbocycles. The molecule has 0 fully saturated rings. The summed E-state index contributed by atoms with van der Waals surface area (Å²) in [6.07, 6.45) is 2.24. The Hall–Kier alpha value is -2.16. The van der Waals surface area contributed by atoms with Crippen molar-refractivity contribution in [1.82, 2.24) is 0 Å². The van der Waals surface area contributed by atoms with E-state index in [0.717, 1.165) is 12.8 Å². The molecule has 0 aliphatic heterocycles. The Kier molecular flexibility index (Phi) is 3.50. The highest BCUT2D eigenvalue weighted by molar-refractivity contribution is 5.73. The van der Waals surface area contributed by atoms with Crippen LogP contribution >= 0.6 is 0 Å². The fraction of sp³-hybridized carbons (Fsp3) is 0.235. The molecule has 2 aromatic rings. The van der Waals surface area contributed by atoms with E-state index < -0.39 is 5.82 Å². The predicted octanol–water partition coefficient (Wildman–Crippen LogP) is 3.85. The quantitative estimate of drug-likeness (QED) is 0.625. The largest absolute Gasteiger partial charge is 0.423 e. The monoisotopic (exact) mass is 270 g/mol. The van der Waals surface area contributed by atoms with Crippen molar-refractivity contribution in [2.24, 2.45) is 0 Å². The molecule has 1 aliphatic rings. The maximum absolute atomic E-state index is 13.4. The van der Waals surface area contributed by atoms with E-state index in [9.17, 15) is 9.18 Å². The molecule has 0 heterocycles. The van der Waals surface area contributed by atoms with E-state index >= 15 is 0 Å². The van der Waals surface area contributed by atoms with Crippen molar-refractivity contribution < 1.29 is 13.9 Å². The molecule has 0 saturated heterocycles. The van der Waals surface area contributed by atoms with E-state index in [2.05, 4.69) is 12.1 Å². The average Bonchev–Trinajstić information content (AvgIpc) is 2.85. The van der Waals surface area contributed by atoms with Crippen molar-refractivity contribution >= 4 is 5.97 Å². The summed E-state index contributed by atoms with van der Waals surface area (Å²) >= 11 is 0. The summed E-state index contributed by atoms with van der Waals surface area (Å²) in [7, 11) is 0. The number of hydrogen-bond acceptors (Lipinski definition) is 2. The molecule has 102 valence electrons. The SMILES string of the molecule is O=C(CC1CCc2ccccc21)Oc1ccccc1F. The first-order chi connectivity index (χ1) is 9.74. The van der Waals surface area contributed by atoms with Gasteiger partial charge in [-0.05, 0) is 42.0 Å². The van der Waals surface area contributed by atoms with Gasteiger partial charge < -0.3 is 4.74 Å². The summed E-state index contributed by atoms with van der Waals surface area (Å²) < 4.78 is 18.5. The fourth-order valence-corrected chi connectivity index (χ4v) is 2.75. The molecule has 0 N–H and O–H groups in total. The summed E-state index contributed by atoms with van der Waals surface area (Å²) in [5.41, 5.74) is 2.52. The van der Waals surface area contributed by atoms with E-state index in [0.29, 0.717) is 6.42 Å². The third kappa shape index (κ3) is 2.57. The predicted molar refractivity (Wildman–Crippen MR) is 74.2 cm³/mol.